The van der Waals surface area contributed by atoms with E-state index >= 15 is 8.78 Å². The number of rotatable bonds is 21. The Hall–Kier alpha value is -6.83. The highest BCUT2D eigenvalue weighted by Crippen LogP contribution is 2.33. The largest absolute Gasteiger partial charge is 0.494 e. The number of hydrogen-bond acceptors (Lipinski definition) is 13. The van der Waals surface area contributed by atoms with Gasteiger partial charge in [0.1, 0.15) is 40.8 Å². The fourth-order valence-electron chi connectivity index (χ4n) is 6.33. The summed E-state index contributed by atoms with van der Waals surface area (Å²) in [6, 6.07) is 8.95. The fraction of sp³-hybridized carbons (Fsp3) is 0.409. The smallest absolute Gasteiger partial charge is 0.408 e. The molecule has 3 aromatic heterocycles. The van der Waals surface area contributed by atoms with Crippen LogP contribution in [0.2, 0.25) is 5.02 Å². The van der Waals surface area contributed by atoms with Gasteiger partial charge in [-0.1, -0.05) is 43.6 Å². The summed E-state index contributed by atoms with van der Waals surface area (Å²) in [5, 5.41) is 24.1. The van der Waals surface area contributed by atoms with Gasteiger partial charge in [-0.3, -0.25) is 19.9 Å². The van der Waals surface area contributed by atoms with Gasteiger partial charge in [-0.2, -0.15) is 5.10 Å². The Balaban J connectivity index is 1.28. The summed E-state index contributed by atoms with van der Waals surface area (Å²) in [7, 11) is 0. The molecule has 65 heavy (non-hydrogen) atoms. The number of esters is 1. The number of guanidine groups is 1. The van der Waals surface area contributed by atoms with Gasteiger partial charge < -0.3 is 45.9 Å². The molecule has 0 radical (unpaired) electrons. The molecule has 0 unspecified atom stereocenters. The van der Waals surface area contributed by atoms with Crippen molar-refractivity contribution in [3.05, 3.63) is 83.3 Å². The molecule has 0 saturated heterocycles. The number of amides is 2. The van der Waals surface area contributed by atoms with E-state index in [4.69, 9.17) is 51.8 Å². The van der Waals surface area contributed by atoms with E-state index in [0.29, 0.717) is 33.7 Å². The summed E-state index contributed by atoms with van der Waals surface area (Å²) in [5.74, 6) is -2.82. The van der Waals surface area contributed by atoms with Crippen LogP contribution in [0.1, 0.15) is 66.4 Å². The third-order valence-electron chi connectivity index (χ3n) is 9.39. The quantitative estimate of drug-likeness (QED) is 0.0196. The molecule has 7 N–H and O–H groups in total. The minimum atomic E-state index is -1.06. The third-order valence-corrected chi connectivity index (χ3v) is 9.69. The zero-order chi connectivity index (χ0) is 47.3. The van der Waals surface area contributed by atoms with Crippen molar-refractivity contribution in [3.8, 4) is 23.0 Å². The lowest BCUT2D eigenvalue weighted by Gasteiger charge is -2.26. The SMILES string of the molecule is CCOc1cc(F)c(Cn2nc(-c3ncc(OCCCOC(=O)[C@@H](NC(=O)[C@H](CCCNC(=N)N)NC(=O)OC(C)(C)C)C(C)C)c(Nc4ccncc4Cl)n3)c3ccccc32)c(F)c1. The van der Waals surface area contributed by atoms with Gasteiger partial charge >= 0.3 is 12.1 Å². The summed E-state index contributed by atoms with van der Waals surface area (Å²) in [6.45, 7) is 10.5. The first kappa shape index (κ1) is 49.2. The van der Waals surface area contributed by atoms with Crippen molar-refractivity contribution in [2.24, 2.45) is 11.7 Å². The number of benzene rings is 2. The maximum absolute atomic E-state index is 15.2. The van der Waals surface area contributed by atoms with Crippen molar-refractivity contribution < 1.29 is 42.1 Å². The maximum atomic E-state index is 15.2. The fourth-order valence-corrected chi connectivity index (χ4v) is 6.50. The molecule has 348 valence electrons. The van der Waals surface area contributed by atoms with Crippen LogP contribution < -0.4 is 36.5 Å². The molecule has 5 rings (SSSR count). The van der Waals surface area contributed by atoms with Crippen LogP contribution in [0.3, 0.4) is 0 Å². The minimum absolute atomic E-state index is 0.0421. The number of anilines is 2. The van der Waals surface area contributed by atoms with E-state index in [9.17, 15) is 14.4 Å². The first-order chi connectivity index (χ1) is 30.9. The van der Waals surface area contributed by atoms with Gasteiger partial charge in [0.05, 0.1) is 48.8 Å². The van der Waals surface area contributed by atoms with E-state index in [2.05, 4.69) is 31.2 Å². The Labute approximate surface area is 379 Å². The summed E-state index contributed by atoms with van der Waals surface area (Å²) in [5.41, 5.74) is 5.72. The van der Waals surface area contributed by atoms with E-state index in [0.717, 1.165) is 12.1 Å². The second-order valence-electron chi connectivity index (χ2n) is 16.0. The van der Waals surface area contributed by atoms with Crippen LogP contribution >= 0.6 is 11.6 Å². The van der Waals surface area contributed by atoms with E-state index in [-0.39, 0.29) is 86.3 Å². The van der Waals surface area contributed by atoms with Gasteiger partial charge in [-0.25, -0.2) is 28.3 Å². The van der Waals surface area contributed by atoms with E-state index in [1.165, 1.54) is 17.1 Å². The molecule has 0 bridgehead atoms. The molecule has 0 saturated carbocycles. The molecule has 18 nitrogen and oxygen atoms in total. The minimum Gasteiger partial charge on any atom is -0.494 e. The topological polar surface area (TPSA) is 243 Å². The molecule has 3 heterocycles. The number of halogens is 3. The van der Waals surface area contributed by atoms with Crippen molar-refractivity contribution in [3.63, 3.8) is 0 Å². The van der Waals surface area contributed by atoms with Crippen molar-refractivity contribution in [2.45, 2.75) is 85.0 Å². The summed E-state index contributed by atoms with van der Waals surface area (Å²) < 4.78 is 54.1. The average molecular weight is 922 g/mol. The normalized spacial score (nSPS) is 12.3. The molecule has 2 atom stereocenters. The zero-order valence-electron chi connectivity index (χ0n) is 37.0. The molecule has 0 aliphatic heterocycles. The molecule has 5 aromatic rings. The lowest BCUT2D eigenvalue weighted by molar-refractivity contribution is -0.149. The first-order valence-corrected chi connectivity index (χ1v) is 21.3. The lowest BCUT2D eigenvalue weighted by Crippen LogP contribution is -2.54. The van der Waals surface area contributed by atoms with Gasteiger partial charge in [0, 0.05) is 48.4 Å². The Morgan fingerprint density at radius 2 is 1.74 bits per heavy atom. The number of para-hydroxylation sites is 1. The highest BCUT2D eigenvalue weighted by atomic mass is 35.5. The molecule has 2 amide bonds. The number of pyridine rings is 1. The highest BCUT2D eigenvalue weighted by Gasteiger charge is 2.31. The molecule has 0 fully saturated rings. The third kappa shape index (κ3) is 14.1. The number of alkyl carbamates (subject to hydrolysis) is 1. The molecule has 0 aliphatic rings. The second kappa shape index (κ2) is 22.7. The number of nitrogens with two attached hydrogens (primary N) is 1. The number of ether oxygens (including phenoxy) is 4. The zero-order valence-corrected chi connectivity index (χ0v) is 37.7. The van der Waals surface area contributed by atoms with Crippen LogP contribution in [0.5, 0.6) is 11.5 Å². The highest BCUT2D eigenvalue weighted by molar-refractivity contribution is 6.33. The van der Waals surface area contributed by atoms with E-state index in [1.807, 2.05) is 0 Å². The Morgan fingerprint density at radius 3 is 2.42 bits per heavy atom. The Kier molecular flexibility index (Phi) is 17.2. The number of nitrogens with one attached hydrogen (secondary N) is 5. The number of nitrogens with zero attached hydrogens (tertiary/aromatic N) is 5. The van der Waals surface area contributed by atoms with E-state index in [1.54, 1.807) is 78.1 Å². The molecule has 0 spiro atoms. The van der Waals surface area contributed by atoms with Gasteiger partial charge in [0.25, 0.3) is 0 Å². The summed E-state index contributed by atoms with van der Waals surface area (Å²) >= 11 is 6.44. The van der Waals surface area contributed by atoms with Crippen LogP contribution in [0.4, 0.5) is 25.1 Å². The van der Waals surface area contributed by atoms with Crippen LogP contribution in [-0.4, -0.2) is 92.7 Å². The summed E-state index contributed by atoms with van der Waals surface area (Å²) in [4.78, 5) is 52.7. The summed E-state index contributed by atoms with van der Waals surface area (Å²) in [6.07, 6.45) is 4.37. The van der Waals surface area contributed by atoms with Crippen LogP contribution in [-0.2, 0) is 25.6 Å². The predicted octanol–water partition coefficient (Wildman–Crippen LogP) is 6.62. The van der Waals surface area contributed by atoms with Crippen molar-refractivity contribution in [2.75, 3.05) is 31.7 Å². The Morgan fingerprint density at radius 1 is 1.00 bits per heavy atom. The van der Waals surface area contributed by atoms with Gasteiger partial charge in [-0.15, -0.1) is 0 Å². The number of carbonyl (C=O) groups excluding carboxylic acids is 3. The van der Waals surface area contributed by atoms with Crippen LogP contribution in [0.15, 0.2) is 61.1 Å². The van der Waals surface area contributed by atoms with Gasteiger partial charge in [0.15, 0.2) is 23.4 Å². The number of fused-ring (bicyclic) bond motifs is 1. The molecular formula is C44H54ClF2N11O7. The number of aromatic nitrogens is 5. The van der Waals surface area contributed by atoms with Gasteiger partial charge in [-0.05, 0) is 58.6 Å². The van der Waals surface area contributed by atoms with Crippen LogP contribution in [0, 0.1) is 23.0 Å². The standard InChI is InChI=1S/C44H54ClF2N11O7/c1-7-62-26-20-30(46)28(31(47)21-26)24-58-34-14-9-8-12-27(34)37(57-58)39-52-23-35(38(56-39)53-32-15-17-50-22-29(32)45)63-18-11-19-64-41(60)36(25(2)3)55-40(59)33(13-10-16-51-42(48)49)54-43(61)65-44(4,5)6/h8-9,12,14-15,17,20-23,25,33,36H,7,10-11,13,16,18-19,24H2,1-6H3,(H,54,61)(H,55,59)(H4,48,49,51)(H,50,52,53,56)/t33-,36-/m0/s1. The van der Waals surface area contributed by atoms with E-state index < -0.39 is 47.3 Å². The maximum Gasteiger partial charge on any atom is 0.408 e. The predicted molar refractivity (Wildman–Crippen MR) is 240 cm³/mol. The molecule has 0 aliphatic carbocycles. The van der Waals surface area contributed by atoms with Crippen molar-refractivity contribution in [1.29, 1.82) is 5.41 Å². The monoisotopic (exact) mass is 921 g/mol. The lowest BCUT2D eigenvalue weighted by atomic mass is 10.0. The average Bonchev–Trinajstić information content (AvgIpc) is 3.60. The van der Waals surface area contributed by atoms with Crippen molar-refractivity contribution in [1.82, 2.24) is 40.7 Å². The van der Waals surface area contributed by atoms with Gasteiger partial charge in [0.2, 0.25) is 5.91 Å². The molecular weight excluding hydrogens is 868 g/mol. The van der Waals surface area contributed by atoms with Crippen molar-refractivity contribution >= 4 is 57.9 Å². The Bertz CT molecular complexity index is 2440. The van der Waals surface area contributed by atoms with Crippen LogP contribution in [0.25, 0.3) is 22.4 Å². The first-order valence-electron chi connectivity index (χ1n) is 20.9. The number of carbonyl (C=O) groups is 3. The second-order valence-corrected chi connectivity index (χ2v) is 16.4. The number of hydrogen-bond donors (Lipinski definition) is 6. The molecule has 2 aromatic carbocycles. The molecule has 21 heteroatoms.